The zero-order valence-electron chi connectivity index (χ0n) is 14.4. The van der Waals surface area contributed by atoms with Gasteiger partial charge in [0.1, 0.15) is 0 Å². The number of pyridine rings is 1. The molecule has 0 saturated carbocycles. The average molecular weight is 364 g/mol. The minimum atomic E-state index is -4.35. The number of carbonyl (C=O) groups is 1. The molecule has 0 fully saturated rings. The highest BCUT2D eigenvalue weighted by atomic mass is 19.4. The summed E-state index contributed by atoms with van der Waals surface area (Å²) in [6.45, 7) is 5.09. The van der Waals surface area contributed by atoms with Crippen molar-refractivity contribution in [3.05, 3.63) is 64.5 Å². The number of nitrogens with zero attached hydrogens (tertiary/aromatic N) is 2. The molecule has 7 heteroatoms. The number of aromatic carboxylic acids is 1. The zero-order valence-corrected chi connectivity index (χ0v) is 14.4. The quantitative estimate of drug-likeness (QED) is 0.867. The molecule has 1 unspecified atom stereocenters. The number of alkyl halides is 3. The number of hydrogen-bond acceptors (Lipinski definition) is 3. The molecular formula is C19H19F3N2O2. The third-order valence-electron chi connectivity index (χ3n) is 4.59. The fraction of sp³-hybridized carbons (Fsp3) is 0.368. The van der Waals surface area contributed by atoms with E-state index in [9.17, 15) is 18.0 Å². The van der Waals surface area contributed by atoms with Crippen LogP contribution in [0, 0.1) is 5.92 Å². The minimum Gasteiger partial charge on any atom is -0.478 e. The Balaban J connectivity index is 1.84. The van der Waals surface area contributed by atoms with Crippen LogP contribution in [-0.4, -0.2) is 21.0 Å². The van der Waals surface area contributed by atoms with Crippen molar-refractivity contribution in [3.8, 4) is 0 Å². The van der Waals surface area contributed by atoms with Crippen LogP contribution in [0.25, 0.3) is 0 Å². The van der Waals surface area contributed by atoms with Crippen LogP contribution in [0.4, 0.5) is 13.2 Å². The van der Waals surface area contributed by atoms with Crippen molar-refractivity contribution >= 4 is 5.97 Å². The van der Waals surface area contributed by atoms with Crippen LogP contribution in [0.15, 0.2) is 36.5 Å². The maximum atomic E-state index is 12.7. The fourth-order valence-electron chi connectivity index (χ4n) is 3.45. The third-order valence-corrected chi connectivity index (χ3v) is 4.59. The Morgan fingerprint density at radius 2 is 1.96 bits per heavy atom. The summed E-state index contributed by atoms with van der Waals surface area (Å²) >= 11 is 0. The summed E-state index contributed by atoms with van der Waals surface area (Å²) in [4.78, 5) is 17.6. The largest absolute Gasteiger partial charge is 0.478 e. The summed E-state index contributed by atoms with van der Waals surface area (Å²) in [7, 11) is 0. The van der Waals surface area contributed by atoms with Gasteiger partial charge in [0, 0.05) is 19.3 Å². The van der Waals surface area contributed by atoms with Gasteiger partial charge in [-0.2, -0.15) is 13.2 Å². The lowest BCUT2D eigenvalue weighted by atomic mass is 9.99. The van der Waals surface area contributed by atoms with E-state index >= 15 is 0 Å². The normalized spacial score (nSPS) is 17.5. The predicted molar refractivity (Wildman–Crippen MR) is 89.5 cm³/mol. The first-order valence-electron chi connectivity index (χ1n) is 8.29. The molecule has 0 amide bonds. The van der Waals surface area contributed by atoms with E-state index in [0.717, 1.165) is 29.0 Å². The van der Waals surface area contributed by atoms with E-state index in [1.165, 1.54) is 18.3 Å². The Morgan fingerprint density at radius 1 is 1.31 bits per heavy atom. The Hall–Kier alpha value is -2.41. The van der Waals surface area contributed by atoms with Crippen LogP contribution in [0.1, 0.15) is 52.6 Å². The van der Waals surface area contributed by atoms with Gasteiger partial charge in [-0.1, -0.05) is 26.0 Å². The van der Waals surface area contributed by atoms with Gasteiger partial charge in [-0.25, -0.2) is 4.79 Å². The predicted octanol–water partition coefficient (Wildman–Crippen LogP) is 4.51. The van der Waals surface area contributed by atoms with Crippen molar-refractivity contribution in [2.24, 2.45) is 5.92 Å². The van der Waals surface area contributed by atoms with Crippen molar-refractivity contribution in [3.63, 3.8) is 0 Å². The molecule has 4 nitrogen and oxygen atoms in total. The molecule has 138 valence electrons. The van der Waals surface area contributed by atoms with E-state index in [0.29, 0.717) is 13.1 Å². The standard InChI is InChI=1S/C19H19F3N2O2/c1-11(2)17-16-14(7-13(8-23-16)18(25)26)10-24(17)9-12-3-5-15(6-4-12)19(20,21)22/h3-8,11,17H,9-10H2,1-2H3,(H,25,26). The summed E-state index contributed by atoms with van der Waals surface area (Å²) in [6, 6.07) is 6.77. The lowest BCUT2D eigenvalue weighted by molar-refractivity contribution is -0.137. The molecule has 1 aromatic carbocycles. The summed E-state index contributed by atoms with van der Waals surface area (Å²) in [5.41, 5.74) is 1.95. The van der Waals surface area contributed by atoms with Crippen molar-refractivity contribution in [1.82, 2.24) is 9.88 Å². The van der Waals surface area contributed by atoms with E-state index in [2.05, 4.69) is 9.88 Å². The highest BCUT2D eigenvalue weighted by Gasteiger charge is 2.34. The number of carboxylic acids is 1. The maximum Gasteiger partial charge on any atom is 0.416 e. The SMILES string of the molecule is CC(C)C1c2ncc(C(=O)O)cc2CN1Cc1ccc(C(F)(F)F)cc1. The van der Waals surface area contributed by atoms with Crippen LogP contribution >= 0.6 is 0 Å². The number of hydrogen-bond donors (Lipinski definition) is 1. The maximum absolute atomic E-state index is 12.7. The lowest BCUT2D eigenvalue weighted by Crippen LogP contribution is -2.25. The first-order valence-corrected chi connectivity index (χ1v) is 8.29. The second-order valence-corrected chi connectivity index (χ2v) is 6.86. The van der Waals surface area contributed by atoms with Crippen LogP contribution < -0.4 is 0 Å². The second kappa shape index (κ2) is 6.72. The number of carboxylic acid groups (broad SMARTS) is 1. The van der Waals surface area contributed by atoms with Gasteiger partial charge in [-0.05, 0) is 35.2 Å². The van der Waals surface area contributed by atoms with E-state index in [1.807, 2.05) is 13.8 Å². The molecule has 0 radical (unpaired) electrons. The molecule has 1 atom stereocenters. The van der Waals surface area contributed by atoms with Crippen molar-refractivity contribution < 1.29 is 23.1 Å². The number of fused-ring (bicyclic) bond motifs is 1. The monoisotopic (exact) mass is 364 g/mol. The number of rotatable bonds is 4. The van der Waals surface area contributed by atoms with Gasteiger partial charge >= 0.3 is 12.1 Å². The van der Waals surface area contributed by atoms with Gasteiger partial charge in [0.25, 0.3) is 0 Å². The third kappa shape index (κ3) is 3.58. The topological polar surface area (TPSA) is 53.4 Å². The first kappa shape index (κ1) is 18.4. The van der Waals surface area contributed by atoms with Gasteiger partial charge in [-0.3, -0.25) is 9.88 Å². The van der Waals surface area contributed by atoms with Crippen LogP contribution in [0.5, 0.6) is 0 Å². The number of aromatic nitrogens is 1. The minimum absolute atomic E-state index is 0.00450. The van der Waals surface area contributed by atoms with Crippen LogP contribution in [0.2, 0.25) is 0 Å². The molecule has 0 aliphatic carbocycles. The molecule has 2 heterocycles. The smallest absolute Gasteiger partial charge is 0.416 e. The Kier molecular flexibility index (Phi) is 4.75. The highest BCUT2D eigenvalue weighted by Crippen LogP contribution is 2.39. The molecule has 26 heavy (non-hydrogen) atoms. The van der Waals surface area contributed by atoms with Crippen LogP contribution in [0.3, 0.4) is 0 Å². The molecule has 0 spiro atoms. The average Bonchev–Trinajstić information content (AvgIpc) is 2.91. The van der Waals surface area contributed by atoms with Gasteiger partial charge < -0.3 is 5.11 Å². The molecule has 1 aliphatic rings. The molecule has 1 aromatic heterocycles. The van der Waals surface area contributed by atoms with Crippen molar-refractivity contribution in [2.45, 2.75) is 39.2 Å². The molecule has 1 aliphatic heterocycles. The fourth-order valence-corrected chi connectivity index (χ4v) is 3.45. The van der Waals surface area contributed by atoms with E-state index in [1.54, 1.807) is 6.07 Å². The Morgan fingerprint density at radius 3 is 2.50 bits per heavy atom. The summed E-state index contributed by atoms with van der Waals surface area (Å²) in [6.07, 6.45) is -2.99. The van der Waals surface area contributed by atoms with E-state index < -0.39 is 17.7 Å². The zero-order chi connectivity index (χ0) is 19.1. The van der Waals surface area contributed by atoms with Gasteiger partial charge in [0.15, 0.2) is 0 Å². The first-order chi connectivity index (χ1) is 12.2. The molecule has 0 bridgehead atoms. The van der Waals surface area contributed by atoms with E-state index in [-0.39, 0.29) is 17.5 Å². The lowest BCUT2D eigenvalue weighted by Gasteiger charge is -2.27. The molecule has 2 aromatic rings. The molecule has 1 N–H and O–H groups in total. The van der Waals surface area contributed by atoms with Crippen molar-refractivity contribution in [2.75, 3.05) is 0 Å². The van der Waals surface area contributed by atoms with Gasteiger partial charge in [0.05, 0.1) is 22.9 Å². The molecule has 0 saturated heterocycles. The molecule has 3 rings (SSSR count). The Bertz CT molecular complexity index is 817. The van der Waals surface area contributed by atoms with Crippen LogP contribution in [-0.2, 0) is 19.3 Å². The summed E-state index contributed by atoms with van der Waals surface area (Å²) in [5.74, 6) is -0.795. The molecular weight excluding hydrogens is 345 g/mol. The second-order valence-electron chi connectivity index (χ2n) is 6.86. The highest BCUT2D eigenvalue weighted by molar-refractivity contribution is 5.87. The van der Waals surface area contributed by atoms with Crippen molar-refractivity contribution in [1.29, 1.82) is 0 Å². The van der Waals surface area contributed by atoms with Gasteiger partial charge in [-0.15, -0.1) is 0 Å². The number of benzene rings is 1. The summed E-state index contributed by atoms with van der Waals surface area (Å²) < 4.78 is 38.1. The van der Waals surface area contributed by atoms with Gasteiger partial charge in [0.2, 0.25) is 0 Å². The number of halogens is 3. The summed E-state index contributed by atoms with van der Waals surface area (Å²) in [5, 5.41) is 9.14. The van der Waals surface area contributed by atoms with E-state index in [4.69, 9.17) is 5.11 Å². The Labute approximate surface area is 149 Å².